The summed E-state index contributed by atoms with van der Waals surface area (Å²) in [4.78, 5) is 17.8. The van der Waals surface area contributed by atoms with Crippen LogP contribution in [0.2, 0.25) is 0 Å². The first-order valence-electron chi connectivity index (χ1n) is 7.22. The highest BCUT2D eigenvalue weighted by Crippen LogP contribution is 2.30. The minimum Gasteiger partial charge on any atom is -0.306 e. The summed E-state index contributed by atoms with van der Waals surface area (Å²) in [5, 5.41) is 6.82. The van der Waals surface area contributed by atoms with Gasteiger partial charge in [-0.25, -0.2) is 4.98 Å². The molecule has 2 aromatic rings. The molecule has 2 heterocycles. The minimum absolute atomic E-state index is 0. The highest BCUT2D eigenvalue weighted by molar-refractivity contribution is 7.16. The molecule has 0 bridgehead atoms. The van der Waals surface area contributed by atoms with Crippen LogP contribution in [0.1, 0.15) is 23.3 Å². The number of aromatic nitrogens is 1. The van der Waals surface area contributed by atoms with Crippen molar-refractivity contribution in [3.63, 3.8) is 0 Å². The van der Waals surface area contributed by atoms with E-state index in [2.05, 4.69) is 46.8 Å². The number of rotatable bonds is 3. The van der Waals surface area contributed by atoms with E-state index in [1.165, 1.54) is 16.9 Å². The topological polar surface area (TPSA) is 54.0 Å². The average molecular weight is 338 g/mol. The summed E-state index contributed by atoms with van der Waals surface area (Å²) in [5.74, 6) is 0.0247. The number of aryl methyl sites for hydroxylation is 2. The van der Waals surface area contributed by atoms with Crippen LogP contribution in [-0.2, 0) is 4.79 Å². The summed E-state index contributed by atoms with van der Waals surface area (Å²) in [6.07, 6.45) is 1.96. The van der Waals surface area contributed by atoms with Gasteiger partial charge in [-0.15, -0.1) is 23.7 Å². The second-order valence-corrected chi connectivity index (χ2v) is 6.63. The number of hydrogen-bond acceptors (Lipinski definition) is 4. The smallest absolute Gasteiger partial charge is 0.243 e. The number of nitrogens with one attached hydrogen (secondary N) is 2. The number of carbonyl (C=O) groups excluding carboxylic acids is 1. The van der Waals surface area contributed by atoms with Gasteiger partial charge in [0.25, 0.3) is 0 Å². The Morgan fingerprint density at radius 1 is 1.32 bits per heavy atom. The van der Waals surface area contributed by atoms with Crippen molar-refractivity contribution in [1.29, 1.82) is 0 Å². The molecule has 1 unspecified atom stereocenters. The van der Waals surface area contributed by atoms with Gasteiger partial charge in [0.15, 0.2) is 5.13 Å². The Hall–Kier alpha value is -1.43. The molecule has 0 spiro atoms. The zero-order valence-corrected chi connectivity index (χ0v) is 14.3. The van der Waals surface area contributed by atoms with Crippen LogP contribution in [0, 0.1) is 13.8 Å². The third-order valence-electron chi connectivity index (χ3n) is 3.73. The molecular weight excluding hydrogens is 318 g/mol. The Morgan fingerprint density at radius 3 is 2.68 bits per heavy atom. The number of benzene rings is 1. The van der Waals surface area contributed by atoms with Crippen LogP contribution < -0.4 is 10.6 Å². The van der Waals surface area contributed by atoms with Crippen molar-refractivity contribution in [2.75, 3.05) is 11.9 Å². The maximum absolute atomic E-state index is 12.1. The molecule has 1 amide bonds. The zero-order chi connectivity index (χ0) is 14.8. The molecule has 3 rings (SSSR count). The Bertz CT molecular complexity index is 648. The van der Waals surface area contributed by atoms with Crippen LogP contribution in [-0.4, -0.2) is 23.5 Å². The third-order valence-corrected chi connectivity index (χ3v) is 4.61. The maximum Gasteiger partial charge on any atom is 0.243 e. The standard InChI is InChI=1S/C16H19N3OS.ClH/c1-10-5-7-12(8-6-10)14-11(2)21-16(18-14)19-15(20)13-4-3-9-17-13;/h5-8,13,17H,3-4,9H2,1-2H3,(H,18,19,20);1H. The van der Waals surface area contributed by atoms with E-state index in [0.29, 0.717) is 5.13 Å². The molecule has 6 heteroatoms. The van der Waals surface area contributed by atoms with Crippen LogP contribution in [0.3, 0.4) is 0 Å². The van der Waals surface area contributed by atoms with Crippen molar-refractivity contribution in [3.05, 3.63) is 34.7 Å². The lowest BCUT2D eigenvalue weighted by atomic mass is 10.1. The van der Waals surface area contributed by atoms with E-state index in [1.807, 2.05) is 6.92 Å². The van der Waals surface area contributed by atoms with Crippen LogP contribution >= 0.6 is 23.7 Å². The SMILES string of the molecule is Cc1ccc(-c2nc(NC(=O)C3CCCN3)sc2C)cc1.Cl. The van der Waals surface area contributed by atoms with E-state index in [1.54, 1.807) is 0 Å². The molecule has 0 aliphatic carbocycles. The van der Waals surface area contributed by atoms with Crippen LogP contribution in [0.25, 0.3) is 11.3 Å². The first kappa shape index (κ1) is 16.9. The van der Waals surface area contributed by atoms with E-state index in [4.69, 9.17) is 0 Å². The molecule has 0 saturated carbocycles. The lowest BCUT2D eigenvalue weighted by molar-refractivity contribution is -0.117. The quantitative estimate of drug-likeness (QED) is 0.900. The summed E-state index contributed by atoms with van der Waals surface area (Å²) >= 11 is 1.53. The van der Waals surface area contributed by atoms with E-state index in [-0.39, 0.29) is 24.4 Å². The first-order valence-corrected chi connectivity index (χ1v) is 8.04. The lowest BCUT2D eigenvalue weighted by Crippen LogP contribution is -2.35. The summed E-state index contributed by atoms with van der Waals surface area (Å²) in [6.45, 7) is 5.03. The highest BCUT2D eigenvalue weighted by Gasteiger charge is 2.23. The van der Waals surface area contributed by atoms with E-state index in [9.17, 15) is 4.79 Å². The van der Waals surface area contributed by atoms with Crippen LogP contribution in [0.15, 0.2) is 24.3 Å². The molecule has 1 atom stereocenters. The van der Waals surface area contributed by atoms with E-state index >= 15 is 0 Å². The molecule has 1 saturated heterocycles. The number of halogens is 1. The van der Waals surface area contributed by atoms with Crippen molar-refractivity contribution in [2.24, 2.45) is 0 Å². The Kier molecular flexibility index (Phi) is 5.56. The van der Waals surface area contributed by atoms with Crippen molar-refractivity contribution < 1.29 is 4.79 Å². The second kappa shape index (κ2) is 7.22. The molecule has 4 nitrogen and oxygen atoms in total. The van der Waals surface area contributed by atoms with Crippen LogP contribution in [0.4, 0.5) is 5.13 Å². The number of amides is 1. The van der Waals surface area contributed by atoms with Gasteiger partial charge in [0.05, 0.1) is 11.7 Å². The first-order chi connectivity index (χ1) is 10.1. The van der Waals surface area contributed by atoms with E-state index < -0.39 is 0 Å². The monoisotopic (exact) mass is 337 g/mol. The van der Waals surface area contributed by atoms with Crippen molar-refractivity contribution >= 4 is 34.8 Å². The second-order valence-electron chi connectivity index (χ2n) is 5.43. The van der Waals surface area contributed by atoms with Crippen molar-refractivity contribution in [2.45, 2.75) is 32.7 Å². The molecule has 1 aromatic heterocycles. The Morgan fingerprint density at radius 2 is 2.05 bits per heavy atom. The van der Waals surface area contributed by atoms with Crippen molar-refractivity contribution in [3.8, 4) is 11.3 Å². The number of carbonyl (C=O) groups is 1. The van der Waals surface area contributed by atoms with Gasteiger partial charge in [-0.05, 0) is 33.2 Å². The van der Waals surface area contributed by atoms with Gasteiger partial charge in [-0.3, -0.25) is 4.79 Å². The Labute approximate surface area is 140 Å². The summed E-state index contributed by atoms with van der Waals surface area (Å²) in [7, 11) is 0. The molecule has 1 aliphatic heterocycles. The van der Waals surface area contributed by atoms with Gasteiger partial charge in [0.2, 0.25) is 5.91 Å². The fraction of sp³-hybridized carbons (Fsp3) is 0.375. The van der Waals surface area contributed by atoms with Crippen molar-refractivity contribution in [1.82, 2.24) is 10.3 Å². The van der Waals surface area contributed by atoms with Gasteiger partial charge in [-0.2, -0.15) is 0 Å². The fourth-order valence-corrected chi connectivity index (χ4v) is 3.37. The molecule has 1 aliphatic rings. The largest absolute Gasteiger partial charge is 0.306 e. The van der Waals surface area contributed by atoms with Gasteiger partial charge in [0, 0.05) is 10.4 Å². The Balaban J connectivity index is 0.00000176. The third kappa shape index (κ3) is 3.66. The molecule has 22 heavy (non-hydrogen) atoms. The minimum atomic E-state index is -0.0722. The van der Waals surface area contributed by atoms with Gasteiger partial charge in [-0.1, -0.05) is 29.8 Å². The molecule has 1 fully saturated rings. The number of hydrogen-bond donors (Lipinski definition) is 2. The normalized spacial score (nSPS) is 17.1. The molecular formula is C16H20ClN3OS. The molecule has 0 radical (unpaired) electrons. The van der Waals surface area contributed by atoms with E-state index in [0.717, 1.165) is 35.5 Å². The van der Waals surface area contributed by atoms with Gasteiger partial charge in [0.1, 0.15) is 0 Å². The predicted molar refractivity (Wildman–Crippen MR) is 93.9 cm³/mol. The molecule has 2 N–H and O–H groups in total. The number of anilines is 1. The molecule has 1 aromatic carbocycles. The average Bonchev–Trinajstić information content (AvgIpc) is 3.10. The maximum atomic E-state index is 12.1. The summed E-state index contributed by atoms with van der Waals surface area (Å²) in [6, 6.07) is 8.23. The zero-order valence-electron chi connectivity index (χ0n) is 12.7. The predicted octanol–water partition coefficient (Wildman–Crippen LogP) is 3.54. The fourth-order valence-electron chi connectivity index (χ4n) is 2.53. The van der Waals surface area contributed by atoms with Gasteiger partial charge >= 0.3 is 0 Å². The lowest BCUT2D eigenvalue weighted by Gasteiger charge is -2.08. The van der Waals surface area contributed by atoms with Gasteiger partial charge < -0.3 is 10.6 Å². The number of nitrogens with zero attached hydrogens (tertiary/aromatic N) is 1. The number of thiazole rings is 1. The summed E-state index contributed by atoms with van der Waals surface area (Å²) < 4.78 is 0. The highest BCUT2D eigenvalue weighted by atomic mass is 35.5. The summed E-state index contributed by atoms with van der Waals surface area (Å²) in [5.41, 5.74) is 3.27. The van der Waals surface area contributed by atoms with Crippen LogP contribution in [0.5, 0.6) is 0 Å². The molecule has 118 valence electrons.